The van der Waals surface area contributed by atoms with Crippen molar-refractivity contribution in [1.82, 2.24) is 0 Å². The van der Waals surface area contributed by atoms with Crippen molar-refractivity contribution in [2.75, 3.05) is 6.61 Å². The molecular formula is C13H24O3. The Balaban J connectivity index is 2.35. The minimum absolute atomic E-state index is 0.0757. The van der Waals surface area contributed by atoms with E-state index in [9.17, 15) is 4.79 Å². The topological polar surface area (TPSA) is 35.5 Å². The SMILES string of the molecule is CCOC(=O)OC1CCCC(C(C)CC)C1. The molecule has 0 amide bonds. The summed E-state index contributed by atoms with van der Waals surface area (Å²) in [5.41, 5.74) is 0. The maximum Gasteiger partial charge on any atom is 0.508 e. The summed E-state index contributed by atoms with van der Waals surface area (Å²) in [5, 5.41) is 0. The van der Waals surface area contributed by atoms with Gasteiger partial charge in [-0.2, -0.15) is 0 Å². The van der Waals surface area contributed by atoms with Crippen LogP contribution in [0.3, 0.4) is 0 Å². The highest BCUT2D eigenvalue weighted by atomic mass is 16.7. The van der Waals surface area contributed by atoms with Gasteiger partial charge in [-0.05, 0) is 44.4 Å². The maximum absolute atomic E-state index is 11.2. The van der Waals surface area contributed by atoms with Crippen molar-refractivity contribution in [2.24, 2.45) is 11.8 Å². The van der Waals surface area contributed by atoms with Crippen LogP contribution in [-0.2, 0) is 9.47 Å². The van der Waals surface area contributed by atoms with E-state index in [1.165, 1.54) is 19.3 Å². The van der Waals surface area contributed by atoms with Gasteiger partial charge in [-0.25, -0.2) is 4.79 Å². The zero-order valence-corrected chi connectivity index (χ0v) is 10.7. The summed E-state index contributed by atoms with van der Waals surface area (Å²) in [6.45, 7) is 6.70. The molecule has 1 aliphatic rings. The molecule has 1 rings (SSSR count). The lowest BCUT2D eigenvalue weighted by Gasteiger charge is -2.31. The van der Waals surface area contributed by atoms with Gasteiger partial charge in [0.05, 0.1) is 6.61 Å². The van der Waals surface area contributed by atoms with E-state index in [2.05, 4.69) is 13.8 Å². The Labute approximate surface area is 98.5 Å². The van der Waals surface area contributed by atoms with Crippen LogP contribution in [0, 0.1) is 11.8 Å². The third-order valence-corrected chi connectivity index (χ3v) is 3.64. The Morgan fingerprint density at radius 3 is 2.75 bits per heavy atom. The van der Waals surface area contributed by atoms with Crippen LogP contribution in [0.5, 0.6) is 0 Å². The van der Waals surface area contributed by atoms with Gasteiger partial charge >= 0.3 is 6.16 Å². The van der Waals surface area contributed by atoms with Crippen LogP contribution < -0.4 is 0 Å². The van der Waals surface area contributed by atoms with Crippen molar-refractivity contribution < 1.29 is 14.3 Å². The Morgan fingerprint density at radius 2 is 2.12 bits per heavy atom. The van der Waals surface area contributed by atoms with Gasteiger partial charge in [0.25, 0.3) is 0 Å². The molecule has 94 valence electrons. The number of carbonyl (C=O) groups excluding carboxylic acids is 1. The van der Waals surface area contributed by atoms with Gasteiger partial charge in [0.15, 0.2) is 0 Å². The minimum atomic E-state index is -0.502. The predicted molar refractivity (Wildman–Crippen MR) is 63.3 cm³/mol. The first kappa shape index (κ1) is 13.3. The van der Waals surface area contributed by atoms with E-state index in [1.807, 2.05) is 0 Å². The van der Waals surface area contributed by atoms with Crippen LogP contribution in [0.2, 0.25) is 0 Å². The van der Waals surface area contributed by atoms with Gasteiger partial charge in [0.1, 0.15) is 6.10 Å². The molecule has 1 aliphatic carbocycles. The summed E-state index contributed by atoms with van der Waals surface area (Å²) >= 11 is 0. The summed E-state index contributed by atoms with van der Waals surface area (Å²) in [5.74, 6) is 1.44. The molecule has 0 radical (unpaired) electrons. The third kappa shape index (κ3) is 4.03. The van der Waals surface area contributed by atoms with E-state index >= 15 is 0 Å². The Kier molecular flexibility index (Phi) is 5.64. The lowest BCUT2D eigenvalue weighted by atomic mass is 9.78. The molecule has 0 aliphatic heterocycles. The second-order valence-corrected chi connectivity index (χ2v) is 4.74. The number of rotatable bonds is 4. The molecule has 0 aromatic carbocycles. The van der Waals surface area contributed by atoms with Crippen molar-refractivity contribution in [3.63, 3.8) is 0 Å². The average Bonchev–Trinajstić information content (AvgIpc) is 2.28. The first-order valence-electron chi connectivity index (χ1n) is 6.50. The Bertz CT molecular complexity index is 215. The molecule has 16 heavy (non-hydrogen) atoms. The zero-order valence-electron chi connectivity index (χ0n) is 10.7. The quantitative estimate of drug-likeness (QED) is 0.687. The van der Waals surface area contributed by atoms with E-state index in [1.54, 1.807) is 6.92 Å². The smallest absolute Gasteiger partial charge is 0.435 e. The van der Waals surface area contributed by atoms with E-state index in [-0.39, 0.29) is 6.10 Å². The van der Waals surface area contributed by atoms with Gasteiger partial charge in [0.2, 0.25) is 0 Å². The molecule has 3 atom stereocenters. The molecule has 0 heterocycles. The van der Waals surface area contributed by atoms with Gasteiger partial charge in [-0.3, -0.25) is 0 Å². The molecule has 0 aromatic heterocycles. The lowest BCUT2D eigenvalue weighted by molar-refractivity contribution is -0.000213. The molecule has 1 fully saturated rings. The summed E-state index contributed by atoms with van der Waals surface area (Å²) in [6, 6.07) is 0. The van der Waals surface area contributed by atoms with Crippen LogP contribution >= 0.6 is 0 Å². The van der Waals surface area contributed by atoms with Gasteiger partial charge in [0, 0.05) is 0 Å². The molecule has 0 N–H and O–H groups in total. The van der Waals surface area contributed by atoms with Crippen LogP contribution in [0.25, 0.3) is 0 Å². The monoisotopic (exact) mass is 228 g/mol. The summed E-state index contributed by atoms with van der Waals surface area (Å²) in [7, 11) is 0. The van der Waals surface area contributed by atoms with Crippen LogP contribution in [0.15, 0.2) is 0 Å². The van der Waals surface area contributed by atoms with Crippen LogP contribution in [-0.4, -0.2) is 18.9 Å². The highest BCUT2D eigenvalue weighted by Crippen LogP contribution is 2.33. The largest absolute Gasteiger partial charge is 0.508 e. The predicted octanol–water partition coefficient (Wildman–Crippen LogP) is 3.76. The minimum Gasteiger partial charge on any atom is -0.435 e. The van der Waals surface area contributed by atoms with Crippen molar-refractivity contribution in [3.8, 4) is 0 Å². The van der Waals surface area contributed by atoms with Crippen molar-refractivity contribution in [2.45, 2.75) is 59.0 Å². The summed E-state index contributed by atoms with van der Waals surface area (Å²) in [4.78, 5) is 11.2. The molecule has 3 unspecified atom stereocenters. The highest BCUT2D eigenvalue weighted by Gasteiger charge is 2.27. The molecule has 0 saturated heterocycles. The van der Waals surface area contributed by atoms with E-state index in [4.69, 9.17) is 9.47 Å². The summed E-state index contributed by atoms with van der Waals surface area (Å²) in [6.07, 6.45) is 5.22. The Morgan fingerprint density at radius 1 is 1.38 bits per heavy atom. The second-order valence-electron chi connectivity index (χ2n) is 4.74. The van der Waals surface area contributed by atoms with Gasteiger partial charge < -0.3 is 9.47 Å². The van der Waals surface area contributed by atoms with Crippen molar-refractivity contribution in [1.29, 1.82) is 0 Å². The summed E-state index contributed by atoms with van der Waals surface area (Å²) < 4.78 is 10.1. The number of ether oxygens (including phenoxy) is 2. The fraction of sp³-hybridized carbons (Fsp3) is 0.923. The van der Waals surface area contributed by atoms with Gasteiger partial charge in [-0.1, -0.05) is 20.3 Å². The van der Waals surface area contributed by atoms with Gasteiger partial charge in [-0.15, -0.1) is 0 Å². The molecule has 1 saturated carbocycles. The molecule has 3 nitrogen and oxygen atoms in total. The normalized spacial score (nSPS) is 27.2. The van der Waals surface area contributed by atoms with Crippen molar-refractivity contribution >= 4 is 6.16 Å². The lowest BCUT2D eigenvalue weighted by Crippen LogP contribution is -2.28. The molecule has 0 spiro atoms. The fourth-order valence-electron chi connectivity index (χ4n) is 2.43. The Hall–Kier alpha value is -0.730. The van der Waals surface area contributed by atoms with Crippen LogP contribution in [0.4, 0.5) is 4.79 Å². The number of hydrogen-bond acceptors (Lipinski definition) is 3. The van der Waals surface area contributed by atoms with E-state index < -0.39 is 6.16 Å². The molecule has 0 bridgehead atoms. The van der Waals surface area contributed by atoms with Crippen LogP contribution in [0.1, 0.15) is 52.9 Å². The zero-order chi connectivity index (χ0) is 12.0. The third-order valence-electron chi connectivity index (χ3n) is 3.64. The fourth-order valence-corrected chi connectivity index (χ4v) is 2.43. The average molecular weight is 228 g/mol. The molecule has 3 heteroatoms. The second kappa shape index (κ2) is 6.77. The maximum atomic E-state index is 11.2. The molecular weight excluding hydrogens is 204 g/mol. The van der Waals surface area contributed by atoms with E-state index in [0.717, 1.165) is 18.8 Å². The highest BCUT2D eigenvalue weighted by molar-refractivity contribution is 5.60. The number of carbonyl (C=O) groups is 1. The number of hydrogen-bond donors (Lipinski definition) is 0. The first-order chi connectivity index (χ1) is 7.67. The van der Waals surface area contributed by atoms with Crippen molar-refractivity contribution in [3.05, 3.63) is 0 Å². The molecule has 0 aromatic rings. The first-order valence-corrected chi connectivity index (χ1v) is 6.50. The standard InChI is InChI=1S/C13H24O3/c1-4-10(3)11-7-6-8-12(9-11)16-13(14)15-5-2/h10-12H,4-9H2,1-3H3. The van der Waals surface area contributed by atoms with E-state index in [0.29, 0.717) is 12.5 Å².